The quantitative estimate of drug-likeness (QED) is 0.438. The van der Waals surface area contributed by atoms with Crippen molar-refractivity contribution < 1.29 is 23.1 Å². The molecule has 0 saturated heterocycles. The Morgan fingerprint density at radius 1 is 1.44 bits per heavy atom. The van der Waals surface area contributed by atoms with Gasteiger partial charge in [0.2, 0.25) is 0 Å². The summed E-state index contributed by atoms with van der Waals surface area (Å²) in [4.78, 5) is 10.1. The van der Waals surface area contributed by atoms with Crippen LogP contribution in [0.5, 0.6) is 0 Å². The summed E-state index contributed by atoms with van der Waals surface area (Å²) in [7, 11) is -0.0814. The number of carbonyl (C=O) groups excluding carboxylic acids is 1. The third-order valence-electron chi connectivity index (χ3n) is 0.465. The number of carbonyl (C=O) groups is 1. The lowest BCUT2D eigenvalue weighted by molar-refractivity contribution is 0.118. The van der Waals surface area contributed by atoms with Crippen LogP contribution in [0.2, 0.25) is 0 Å². The van der Waals surface area contributed by atoms with Gasteiger partial charge in [0.25, 0.3) is 0 Å². The molecule has 0 aliphatic carbocycles. The summed E-state index contributed by atoms with van der Waals surface area (Å²) >= 11 is 0. The topological polar surface area (TPSA) is 61.8 Å². The second-order valence-electron chi connectivity index (χ2n) is 0.952. The number of hydrogen-bond donors (Lipinski definition) is 0. The number of methoxy groups -OCH3 is 1. The van der Waals surface area contributed by atoms with Gasteiger partial charge in [-0.05, 0) is 0 Å². The molecule has 0 heterocycles. The van der Waals surface area contributed by atoms with Crippen LogP contribution in [0.4, 0.5) is 4.79 Å². The molecular weight excluding hydrogens is 147 g/mol. The molecule has 0 aliphatic rings. The maximum atomic E-state index is 10.2. The molecule has 0 aromatic rings. The molecule has 1 unspecified atom stereocenters. The Morgan fingerprint density at radius 3 is 2.33 bits per heavy atom. The van der Waals surface area contributed by atoms with Crippen LogP contribution in [-0.4, -0.2) is 20.4 Å². The minimum Gasteiger partial charge on any atom is -0.435 e. The van der Waals surface area contributed by atoms with E-state index in [-0.39, 0.29) is 0 Å². The predicted octanol–water partition coefficient (Wildman–Crippen LogP) is 1.07. The minimum atomic E-state index is -2.35. The maximum absolute atomic E-state index is 10.2. The van der Waals surface area contributed by atoms with E-state index in [0.717, 1.165) is 14.2 Å². The third-order valence-corrected chi connectivity index (χ3v) is 1.06. The van der Waals surface area contributed by atoms with Crippen LogP contribution in [0.15, 0.2) is 0 Å². The fourth-order valence-electron chi connectivity index (χ4n) is 0.135. The van der Waals surface area contributed by atoms with Gasteiger partial charge < -0.3 is 4.74 Å². The highest BCUT2D eigenvalue weighted by atomic mass is 31.1. The van der Waals surface area contributed by atoms with E-state index < -0.39 is 14.4 Å². The lowest BCUT2D eigenvalue weighted by Crippen LogP contribution is -1.97. The molecule has 0 bridgehead atoms. The average Bonchev–Trinajstić information content (AvgIpc) is 1.87. The van der Waals surface area contributed by atoms with Crippen molar-refractivity contribution in [2.24, 2.45) is 0 Å². The van der Waals surface area contributed by atoms with Crippen molar-refractivity contribution in [2.75, 3.05) is 14.2 Å². The molecule has 0 spiro atoms. The van der Waals surface area contributed by atoms with Crippen LogP contribution < -0.4 is 0 Å². The molecule has 0 aromatic heterocycles. The first-order chi connectivity index (χ1) is 4.20. The molecule has 0 saturated carbocycles. The van der Waals surface area contributed by atoms with E-state index >= 15 is 0 Å². The van der Waals surface area contributed by atoms with Crippen LogP contribution in [-0.2, 0) is 18.3 Å². The lowest BCUT2D eigenvalue weighted by Gasteiger charge is -1.84. The molecule has 0 fully saturated rings. The van der Waals surface area contributed by atoms with Crippen LogP contribution in [0.25, 0.3) is 0 Å². The molecule has 0 aliphatic heterocycles. The molecule has 0 N–H and O–H groups in total. The lowest BCUT2D eigenvalue weighted by atomic mass is 11.4. The molecule has 0 rings (SSSR count). The SMILES string of the molecule is COC(=O)O[P+](=O)OC. The number of hydrogen-bond acceptors (Lipinski definition) is 5. The smallest absolute Gasteiger partial charge is 0.435 e. The van der Waals surface area contributed by atoms with Gasteiger partial charge in [0.1, 0.15) is 0 Å². The summed E-state index contributed by atoms with van der Waals surface area (Å²) in [6, 6.07) is 0. The van der Waals surface area contributed by atoms with Gasteiger partial charge in [-0.3, -0.25) is 0 Å². The van der Waals surface area contributed by atoms with Crippen molar-refractivity contribution in [1.29, 1.82) is 0 Å². The van der Waals surface area contributed by atoms with E-state index in [1.807, 2.05) is 0 Å². The van der Waals surface area contributed by atoms with Crippen LogP contribution in [0, 0.1) is 0 Å². The van der Waals surface area contributed by atoms with Crippen LogP contribution in [0.3, 0.4) is 0 Å². The Balaban J connectivity index is 3.47. The highest BCUT2D eigenvalue weighted by Gasteiger charge is 2.24. The zero-order valence-electron chi connectivity index (χ0n) is 4.99. The van der Waals surface area contributed by atoms with E-state index in [4.69, 9.17) is 0 Å². The highest BCUT2D eigenvalue weighted by Crippen LogP contribution is 2.21. The molecule has 1 atom stereocenters. The largest absolute Gasteiger partial charge is 0.756 e. The number of rotatable bonds is 2. The summed E-state index contributed by atoms with van der Waals surface area (Å²) in [6.07, 6.45) is -1.02. The van der Waals surface area contributed by atoms with Crippen molar-refractivity contribution in [2.45, 2.75) is 0 Å². The van der Waals surface area contributed by atoms with E-state index in [1.165, 1.54) is 0 Å². The van der Waals surface area contributed by atoms with Gasteiger partial charge >= 0.3 is 14.4 Å². The van der Waals surface area contributed by atoms with Gasteiger partial charge in [-0.15, -0.1) is 9.05 Å². The summed E-state index contributed by atoms with van der Waals surface area (Å²) in [5, 5.41) is 0. The first-order valence-corrected chi connectivity index (χ1v) is 3.07. The third kappa shape index (κ3) is 3.88. The fourth-order valence-corrected chi connectivity index (χ4v) is 0.406. The maximum Gasteiger partial charge on any atom is 0.756 e. The van der Waals surface area contributed by atoms with E-state index in [2.05, 4.69) is 13.8 Å². The van der Waals surface area contributed by atoms with Gasteiger partial charge in [-0.2, -0.15) is 4.79 Å². The molecular formula is C3H6O5P+. The van der Waals surface area contributed by atoms with Gasteiger partial charge in [-0.1, -0.05) is 0 Å². The minimum absolute atomic E-state index is 1.02. The van der Waals surface area contributed by atoms with Crippen LogP contribution >= 0.6 is 8.25 Å². The summed E-state index contributed by atoms with van der Waals surface area (Å²) in [5.41, 5.74) is 0. The molecule has 6 heteroatoms. The second-order valence-corrected chi connectivity index (χ2v) is 1.95. The Labute approximate surface area is 52.8 Å². The van der Waals surface area contributed by atoms with Crippen LogP contribution in [0.1, 0.15) is 0 Å². The van der Waals surface area contributed by atoms with Crippen molar-refractivity contribution in [3.05, 3.63) is 0 Å². The zero-order valence-corrected chi connectivity index (χ0v) is 5.88. The normalized spacial score (nSPS) is 10.2. The molecule has 52 valence electrons. The molecule has 5 nitrogen and oxygen atoms in total. The molecule has 0 radical (unpaired) electrons. The van der Waals surface area contributed by atoms with Gasteiger partial charge in [0.15, 0.2) is 0 Å². The van der Waals surface area contributed by atoms with E-state index in [0.29, 0.717) is 0 Å². The highest BCUT2D eigenvalue weighted by molar-refractivity contribution is 7.33. The van der Waals surface area contributed by atoms with Gasteiger partial charge in [0.05, 0.1) is 14.2 Å². The fraction of sp³-hybridized carbons (Fsp3) is 0.667. The van der Waals surface area contributed by atoms with E-state index in [1.54, 1.807) is 0 Å². The monoisotopic (exact) mass is 153 g/mol. The van der Waals surface area contributed by atoms with Gasteiger partial charge in [-0.25, -0.2) is 0 Å². The average molecular weight is 153 g/mol. The summed E-state index contributed by atoms with van der Waals surface area (Å²) < 4.78 is 22.3. The Hall–Kier alpha value is -0.670. The second kappa shape index (κ2) is 4.23. The van der Waals surface area contributed by atoms with Crippen molar-refractivity contribution in [3.8, 4) is 0 Å². The first kappa shape index (κ1) is 8.33. The summed E-state index contributed by atoms with van der Waals surface area (Å²) in [6.45, 7) is 0. The molecule has 9 heavy (non-hydrogen) atoms. The Morgan fingerprint density at radius 2 is 2.00 bits per heavy atom. The number of ether oxygens (including phenoxy) is 1. The van der Waals surface area contributed by atoms with Crippen molar-refractivity contribution >= 4 is 14.4 Å². The zero-order chi connectivity index (χ0) is 7.28. The molecule has 0 aromatic carbocycles. The Kier molecular flexibility index (Phi) is 3.92. The molecule has 0 amide bonds. The van der Waals surface area contributed by atoms with Crippen molar-refractivity contribution in [3.63, 3.8) is 0 Å². The Bertz CT molecular complexity index is 107. The first-order valence-electron chi connectivity index (χ1n) is 1.98. The van der Waals surface area contributed by atoms with Gasteiger partial charge in [0, 0.05) is 4.57 Å². The van der Waals surface area contributed by atoms with E-state index in [9.17, 15) is 9.36 Å². The predicted molar refractivity (Wildman–Crippen MR) is 28.1 cm³/mol. The summed E-state index contributed by atoms with van der Waals surface area (Å²) in [5.74, 6) is 0. The van der Waals surface area contributed by atoms with Crippen molar-refractivity contribution in [1.82, 2.24) is 0 Å². The standard InChI is InChI=1S/C3H6O5P/c1-6-3(4)8-9(5)7-2/h1-2H3/q+1.